The molecule has 0 heterocycles. The van der Waals surface area contributed by atoms with Gasteiger partial charge in [0.1, 0.15) is 5.60 Å². The van der Waals surface area contributed by atoms with Crippen molar-refractivity contribution >= 4 is 37.8 Å². The van der Waals surface area contributed by atoms with Crippen molar-refractivity contribution in [2.24, 2.45) is 0 Å². The van der Waals surface area contributed by atoms with Crippen molar-refractivity contribution in [3.05, 3.63) is 20.6 Å². The molecule has 0 aromatic heterocycles. The van der Waals surface area contributed by atoms with Gasteiger partial charge in [-0.1, -0.05) is 15.9 Å². The Morgan fingerprint density at radius 3 is 2.36 bits per heavy atom. The van der Waals surface area contributed by atoms with Crippen LogP contribution in [0.5, 0.6) is 0 Å². The molecule has 0 amide bonds. The van der Waals surface area contributed by atoms with Crippen LogP contribution in [0.1, 0.15) is 27.2 Å². The normalized spacial score (nSPS) is 17.1. The van der Waals surface area contributed by atoms with Gasteiger partial charge in [0.05, 0.1) is 0 Å². The summed E-state index contributed by atoms with van der Waals surface area (Å²) in [6.07, 6.45) is 2.40. The van der Waals surface area contributed by atoms with Gasteiger partial charge in [0.15, 0.2) is 0 Å². The fraction of sp³-hybridized carbons (Fsp3) is 0.500. The Morgan fingerprint density at radius 1 is 1.43 bits per heavy atom. The SMILES string of the molecule is CC(C)(C)OC(=O)C1=CC(Br)=C(Br)C1. The molecule has 0 bridgehead atoms. The van der Waals surface area contributed by atoms with Crippen LogP contribution in [0.4, 0.5) is 0 Å². The van der Waals surface area contributed by atoms with E-state index < -0.39 is 5.60 Å². The van der Waals surface area contributed by atoms with Crippen molar-refractivity contribution in [2.45, 2.75) is 32.8 Å². The van der Waals surface area contributed by atoms with Gasteiger partial charge in [-0.05, 0) is 42.8 Å². The van der Waals surface area contributed by atoms with Crippen LogP contribution >= 0.6 is 31.9 Å². The first-order chi connectivity index (χ1) is 6.29. The first kappa shape index (κ1) is 12.0. The van der Waals surface area contributed by atoms with Crippen molar-refractivity contribution < 1.29 is 9.53 Å². The molecule has 0 saturated carbocycles. The van der Waals surface area contributed by atoms with E-state index in [-0.39, 0.29) is 5.97 Å². The summed E-state index contributed by atoms with van der Waals surface area (Å²) in [5.74, 6) is -0.246. The molecule has 0 aromatic rings. The van der Waals surface area contributed by atoms with E-state index in [0.717, 1.165) is 8.96 Å². The summed E-state index contributed by atoms with van der Waals surface area (Å²) in [5, 5.41) is 0. The summed E-state index contributed by atoms with van der Waals surface area (Å²) in [5.41, 5.74) is 0.248. The molecular weight excluding hydrogens is 312 g/mol. The van der Waals surface area contributed by atoms with E-state index >= 15 is 0 Å². The average molecular weight is 324 g/mol. The Labute approximate surface area is 101 Å². The minimum Gasteiger partial charge on any atom is -0.457 e. The molecule has 0 aliphatic heterocycles. The second-order valence-electron chi connectivity index (χ2n) is 4.10. The van der Waals surface area contributed by atoms with Crippen LogP contribution in [-0.4, -0.2) is 11.6 Å². The van der Waals surface area contributed by atoms with Gasteiger partial charge in [-0.2, -0.15) is 0 Å². The Kier molecular flexibility index (Phi) is 3.58. The first-order valence-corrected chi connectivity index (χ1v) is 5.86. The predicted octanol–water partition coefficient (Wildman–Crippen LogP) is 3.66. The van der Waals surface area contributed by atoms with Crippen LogP contribution in [0.15, 0.2) is 20.6 Å². The molecule has 4 heteroatoms. The molecule has 1 aliphatic rings. The number of carbonyl (C=O) groups excluding carboxylic acids is 1. The van der Waals surface area contributed by atoms with Crippen molar-refractivity contribution in [1.82, 2.24) is 0 Å². The molecular formula is C10H12Br2O2. The van der Waals surface area contributed by atoms with Crippen LogP contribution in [0.25, 0.3) is 0 Å². The molecule has 0 atom stereocenters. The van der Waals surface area contributed by atoms with E-state index in [4.69, 9.17) is 4.74 Å². The molecule has 0 spiro atoms. The number of ether oxygens (including phenoxy) is 1. The van der Waals surface area contributed by atoms with E-state index in [2.05, 4.69) is 31.9 Å². The Hall–Kier alpha value is -0.0900. The van der Waals surface area contributed by atoms with E-state index in [1.807, 2.05) is 20.8 Å². The topological polar surface area (TPSA) is 26.3 Å². The van der Waals surface area contributed by atoms with Crippen molar-refractivity contribution in [3.8, 4) is 0 Å². The maximum atomic E-state index is 11.6. The van der Waals surface area contributed by atoms with E-state index in [0.29, 0.717) is 12.0 Å². The molecule has 1 aliphatic carbocycles. The maximum Gasteiger partial charge on any atom is 0.334 e. The summed E-state index contributed by atoms with van der Waals surface area (Å²) in [6.45, 7) is 5.58. The molecule has 2 nitrogen and oxygen atoms in total. The third-order valence-corrected chi connectivity index (χ3v) is 3.51. The minimum atomic E-state index is -0.431. The molecule has 14 heavy (non-hydrogen) atoms. The average Bonchev–Trinajstić information content (AvgIpc) is 2.28. The van der Waals surface area contributed by atoms with Gasteiger partial charge in [-0.3, -0.25) is 0 Å². The van der Waals surface area contributed by atoms with E-state index in [9.17, 15) is 4.79 Å². The van der Waals surface area contributed by atoms with Gasteiger partial charge in [0, 0.05) is 21.0 Å². The van der Waals surface area contributed by atoms with Crippen LogP contribution in [0.3, 0.4) is 0 Å². The lowest BCUT2D eigenvalue weighted by molar-refractivity contribution is -0.149. The molecule has 0 fully saturated rings. The maximum absolute atomic E-state index is 11.6. The highest BCUT2D eigenvalue weighted by atomic mass is 79.9. The predicted molar refractivity (Wildman–Crippen MR) is 63.4 cm³/mol. The molecule has 0 saturated heterocycles. The molecule has 0 unspecified atom stereocenters. The number of esters is 1. The number of halogens is 2. The van der Waals surface area contributed by atoms with Gasteiger partial charge in [-0.15, -0.1) is 0 Å². The zero-order chi connectivity index (χ0) is 10.9. The fourth-order valence-electron chi connectivity index (χ4n) is 1.01. The van der Waals surface area contributed by atoms with E-state index in [1.165, 1.54) is 0 Å². The van der Waals surface area contributed by atoms with Crippen LogP contribution in [0.2, 0.25) is 0 Å². The second kappa shape index (κ2) is 4.19. The monoisotopic (exact) mass is 322 g/mol. The quantitative estimate of drug-likeness (QED) is 0.688. The number of allylic oxidation sites excluding steroid dienone is 3. The van der Waals surface area contributed by atoms with Gasteiger partial charge < -0.3 is 4.74 Å². The molecule has 0 N–H and O–H groups in total. The number of rotatable bonds is 1. The van der Waals surface area contributed by atoms with Crippen molar-refractivity contribution in [3.63, 3.8) is 0 Å². The summed E-state index contributed by atoms with van der Waals surface area (Å²) < 4.78 is 7.14. The van der Waals surface area contributed by atoms with Crippen LogP contribution < -0.4 is 0 Å². The number of hydrogen-bond acceptors (Lipinski definition) is 2. The largest absolute Gasteiger partial charge is 0.457 e. The molecule has 78 valence electrons. The molecule has 1 rings (SSSR count). The second-order valence-corrected chi connectivity index (χ2v) is 5.91. The minimum absolute atomic E-state index is 0.246. The number of hydrogen-bond donors (Lipinski definition) is 0. The summed E-state index contributed by atoms with van der Waals surface area (Å²) in [6, 6.07) is 0. The van der Waals surface area contributed by atoms with Gasteiger partial charge >= 0.3 is 5.97 Å². The third-order valence-electron chi connectivity index (χ3n) is 1.57. The van der Waals surface area contributed by atoms with E-state index in [1.54, 1.807) is 6.08 Å². The van der Waals surface area contributed by atoms with Crippen LogP contribution in [0, 0.1) is 0 Å². The zero-order valence-corrected chi connectivity index (χ0v) is 11.5. The number of carbonyl (C=O) groups is 1. The van der Waals surface area contributed by atoms with Crippen molar-refractivity contribution in [2.75, 3.05) is 0 Å². The summed E-state index contributed by atoms with van der Waals surface area (Å²) >= 11 is 6.71. The van der Waals surface area contributed by atoms with Crippen molar-refractivity contribution in [1.29, 1.82) is 0 Å². The lowest BCUT2D eigenvalue weighted by Gasteiger charge is -2.19. The van der Waals surface area contributed by atoms with Crippen LogP contribution in [-0.2, 0) is 9.53 Å². The van der Waals surface area contributed by atoms with Gasteiger partial charge in [0.25, 0.3) is 0 Å². The zero-order valence-electron chi connectivity index (χ0n) is 8.36. The Balaban J connectivity index is 2.63. The molecule has 0 radical (unpaired) electrons. The highest BCUT2D eigenvalue weighted by Gasteiger charge is 2.23. The lowest BCUT2D eigenvalue weighted by Crippen LogP contribution is -2.24. The highest BCUT2D eigenvalue weighted by molar-refractivity contribution is 9.14. The summed E-state index contributed by atoms with van der Waals surface area (Å²) in [4.78, 5) is 11.6. The highest BCUT2D eigenvalue weighted by Crippen LogP contribution is 2.34. The Morgan fingerprint density at radius 2 is 2.00 bits per heavy atom. The third kappa shape index (κ3) is 3.24. The fourth-order valence-corrected chi connectivity index (χ4v) is 1.84. The smallest absolute Gasteiger partial charge is 0.334 e. The van der Waals surface area contributed by atoms with Gasteiger partial charge in [-0.25, -0.2) is 4.79 Å². The van der Waals surface area contributed by atoms with Gasteiger partial charge in [0.2, 0.25) is 0 Å². The summed E-state index contributed by atoms with van der Waals surface area (Å²) in [7, 11) is 0. The standard InChI is InChI=1S/C10H12Br2O2/c1-10(2,3)14-9(13)6-4-7(11)8(12)5-6/h4H,5H2,1-3H3. The lowest BCUT2D eigenvalue weighted by atomic mass is 10.2. The molecule has 0 aromatic carbocycles. The Bertz CT molecular complexity index is 322. The first-order valence-electron chi connectivity index (χ1n) is 4.27.